The zero-order valence-corrected chi connectivity index (χ0v) is 13.9. The molecule has 0 unspecified atom stereocenters. The molecule has 0 amide bonds. The van der Waals surface area contributed by atoms with E-state index in [2.05, 4.69) is 35.2 Å². The van der Waals surface area contributed by atoms with Crippen LogP contribution in [0.5, 0.6) is 0 Å². The fourth-order valence-electron chi connectivity index (χ4n) is 4.39. The molecule has 4 rings (SSSR count). The topological polar surface area (TPSA) is 23.5 Å². The van der Waals surface area contributed by atoms with Crippen molar-refractivity contribution in [2.75, 3.05) is 13.1 Å². The van der Waals surface area contributed by atoms with Gasteiger partial charge in [-0.15, -0.1) is 0 Å². The molecule has 1 N–H and O–H groups in total. The summed E-state index contributed by atoms with van der Waals surface area (Å²) in [7, 11) is 0. The van der Waals surface area contributed by atoms with Crippen LogP contribution < -0.4 is 0 Å². The van der Waals surface area contributed by atoms with E-state index in [0.717, 1.165) is 37.1 Å². The summed E-state index contributed by atoms with van der Waals surface area (Å²) in [4.78, 5) is 2.37. The number of halogens is 1. The lowest BCUT2D eigenvalue weighted by atomic mass is 9.82. The minimum Gasteiger partial charge on any atom is -0.391 e. The van der Waals surface area contributed by atoms with Crippen LogP contribution >= 0.6 is 0 Å². The molecule has 24 heavy (non-hydrogen) atoms. The molecule has 1 heterocycles. The second-order valence-corrected chi connectivity index (χ2v) is 7.14. The first-order valence-corrected chi connectivity index (χ1v) is 8.95. The van der Waals surface area contributed by atoms with Gasteiger partial charge >= 0.3 is 0 Å². The second kappa shape index (κ2) is 6.66. The molecule has 2 aromatic carbocycles. The summed E-state index contributed by atoms with van der Waals surface area (Å²) in [6, 6.07) is 16.0. The zero-order chi connectivity index (χ0) is 16.5. The number of piperidine rings is 1. The zero-order valence-electron chi connectivity index (χ0n) is 13.9. The summed E-state index contributed by atoms with van der Waals surface area (Å²) in [6.07, 6.45) is 3.01. The van der Waals surface area contributed by atoms with Crippen LogP contribution in [0.1, 0.15) is 35.4 Å². The van der Waals surface area contributed by atoms with Crippen molar-refractivity contribution in [3.8, 4) is 0 Å². The molecule has 2 nitrogen and oxygen atoms in total. The quantitative estimate of drug-likeness (QED) is 0.913. The SMILES string of the molecule is O[C@H]1Cc2cccc([18F])c2C[C@@H]1N1CCC(c2ccccc2)CC1. The third-order valence-electron chi connectivity index (χ3n) is 5.77. The van der Waals surface area contributed by atoms with E-state index in [-0.39, 0.29) is 11.9 Å². The molecule has 126 valence electrons. The van der Waals surface area contributed by atoms with E-state index in [9.17, 15) is 9.50 Å². The van der Waals surface area contributed by atoms with Crippen molar-refractivity contribution >= 4 is 0 Å². The van der Waals surface area contributed by atoms with Crippen molar-refractivity contribution < 1.29 is 9.50 Å². The maximum absolute atomic E-state index is 14.1. The van der Waals surface area contributed by atoms with E-state index in [4.69, 9.17) is 0 Å². The molecule has 0 radical (unpaired) electrons. The smallest absolute Gasteiger partial charge is 0.126 e. The normalized spacial score (nSPS) is 25.4. The van der Waals surface area contributed by atoms with Crippen LogP contribution in [-0.4, -0.2) is 35.2 Å². The Morgan fingerprint density at radius 2 is 1.67 bits per heavy atom. The largest absolute Gasteiger partial charge is 0.391 e. The first-order valence-electron chi connectivity index (χ1n) is 8.95. The van der Waals surface area contributed by atoms with E-state index in [1.54, 1.807) is 6.07 Å². The number of hydrogen-bond acceptors (Lipinski definition) is 2. The highest BCUT2D eigenvalue weighted by molar-refractivity contribution is 5.33. The van der Waals surface area contributed by atoms with Gasteiger partial charge in [-0.25, -0.2) is 4.39 Å². The van der Waals surface area contributed by atoms with Crippen LogP contribution in [0.2, 0.25) is 0 Å². The third kappa shape index (κ3) is 2.99. The van der Waals surface area contributed by atoms with Gasteiger partial charge in [-0.3, -0.25) is 4.90 Å². The van der Waals surface area contributed by atoms with Crippen molar-refractivity contribution in [1.29, 1.82) is 0 Å². The highest BCUT2D eigenvalue weighted by Gasteiger charge is 2.34. The van der Waals surface area contributed by atoms with Crippen LogP contribution in [-0.2, 0) is 12.8 Å². The van der Waals surface area contributed by atoms with E-state index in [1.165, 1.54) is 11.6 Å². The first kappa shape index (κ1) is 15.8. The molecule has 0 saturated carbocycles. The Balaban J connectivity index is 1.45. The van der Waals surface area contributed by atoms with Gasteiger partial charge in [-0.2, -0.15) is 0 Å². The molecule has 2 aromatic rings. The molecule has 0 aromatic heterocycles. The summed E-state index contributed by atoms with van der Waals surface area (Å²) in [5.41, 5.74) is 3.19. The lowest BCUT2D eigenvalue weighted by Crippen LogP contribution is -2.51. The predicted molar refractivity (Wildman–Crippen MR) is 93.6 cm³/mol. The summed E-state index contributed by atoms with van der Waals surface area (Å²) in [5, 5.41) is 10.6. The third-order valence-corrected chi connectivity index (χ3v) is 5.77. The minimum absolute atomic E-state index is 0.0473. The van der Waals surface area contributed by atoms with Gasteiger partial charge in [-0.05, 0) is 61.0 Å². The molecule has 2 aliphatic rings. The van der Waals surface area contributed by atoms with E-state index >= 15 is 0 Å². The van der Waals surface area contributed by atoms with Gasteiger partial charge in [0.25, 0.3) is 0 Å². The molecule has 1 fully saturated rings. The van der Waals surface area contributed by atoms with Crippen molar-refractivity contribution in [1.82, 2.24) is 4.90 Å². The monoisotopic (exact) mass is 324 g/mol. The van der Waals surface area contributed by atoms with Crippen molar-refractivity contribution in [3.63, 3.8) is 0 Å². The summed E-state index contributed by atoms with van der Waals surface area (Å²) in [5.74, 6) is 0.482. The number of hydrogen-bond donors (Lipinski definition) is 1. The fourth-order valence-corrected chi connectivity index (χ4v) is 4.39. The molecule has 1 saturated heterocycles. The van der Waals surface area contributed by atoms with E-state index < -0.39 is 6.10 Å². The molecule has 3 heteroatoms. The van der Waals surface area contributed by atoms with Crippen molar-refractivity contribution in [2.45, 2.75) is 43.7 Å². The van der Waals surface area contributed by atoms with Gasteiger partial charge in [0.2, 0.25) is 0 Å². The number of aliphatic hydroxyl groups is 1. The lowest BCUT2D eigenvalue weighted by Gasteiger charge is -2.42. The Morgan fingerprint density at radius 1 is 0.917 bits per heavy atom. The number of nitrogens with zero attached hydrogens (tertiary/aromatic N) is 1. The number of rotatable bonds is 2. The maximum atomic E-state index is 14.1. The Morgan fingerprint density at radius 3 is 2.42 bits per heavy atom. The predicted octanol–water partition coefficient (Wildman–Crippen LogP) is 3.53. The number of fused-ring (bicyclic) bond motifs is 1. The molecule has 0 spiro atoms. The summed E-state index contributed by atoms with van der Waals surface area (Å²) in [6.45, 7) is 1.95. The Bertz CT molecular complexity index is 694. The molecule has 1 aliphatic heterocycles. The average molecular weight is 324 g/mol. The number of aliphatic hydroxyl groups excluding tert-OH is 1. The lowest BCUT2D eigenvalue weighted by molar-refractivity contribution is 0.0288. The highest BCUT2D eigenvalue weighted by atomic mass is 18.2. The first-order chi connectivity index (χ1) is 11.7. The maximum Gasteiger partial charge on any atom is 0.126 e. The van der Waals surface area contributed by atoms with Crippen LogP contribution in [0.4, 0.5) is 4.39 Å². The van der Waals surface area contributed by atoms with Crippen LogP contribution in [0, 0.1) is 5.82 Å². The summed E-state index contributed by atoms with van der Waals surface area (Å²) >= 11 is 0. The van der Waals surface area contributed by atoms with Gasteiger partial charge in [-0.1, -0.05) is 42.5 Å². The van der Waals surface area contributed by atoms with Crippen LogP contribution in [0.25, 0.3) is 0 Å². The van der Waals surface area contributed by atoms with Gasteiger partial charge in [0.1, 0.15) is 5.82 Å². The fraction of sp³-hybridized carbons (Fsp3) is 0.429. The molecule has 0 bridgehead atoms. The molecule has 1 aliphatic carbocycles. The van der Waals surface area contributed by atoms with E-state index in [1.807, 2.05) is 6.07 Å². The second-order valence-electron chi connectivity index (χ2n) is 7.14. The van der Waals surface area contributed by atoms with Gasteiger partial charge in [0.05, 0.1) is 6.10 Å². The van der Waals surface area contributed by atoms with E-state index in [0.29, 0.717) is 18.8 Å². The van der Waals surface area contributed by atoms with Crippen LogP contribution in [0.15, 0.2) is 48.5 Å². The standard InChI is InChI=1S/C21H24FNO/c22-19-8-4-7-17-13-21(24)20(14-18(17)19)23-11-9-16(10-12-23)15-5-2-1-3-6-15/h1-8,16,20-21,24H,9-14H2/t20-,21-/m0/s1/i22-1. The van der Waals surface area contributed by atoms with Crippen LogP contribution in [0.3, 0.4) is 0 Å². The number of benzene rings is 2. The highest BCUT2D eigenvalue weighted by Crippen LogP contribution is 2.32. The van der Waals surface area contributed by atoms with Gasteiger partial charge < -0.3 is 5.11 Å². The average Bonchev–Trinajstić information content (AvgIpc) is 2.62. The van der Waals surface area contributed by atoms with Gasteiger partial charge in [0, 0.05) is 12.5 Å². The summed E-state index contributed by atoms with van der Waals surface area (Å²) < 4.78 is 14.1. The van der Waals surface area contributed by atoms with Crippen molar-refractivity contribution in [3.05, 3.63) is 71.0 Å². The van der Waals surface area contributed by atoms with Crippen molar-refractivity contribution in [2.24, 2.45) is 0 Å². The van der Waals surface area contributed by atoms with Gasteiger partial charge in [0.15, 0.2) is 0 Å². The Hall–Kier alpha value is -1.71. The molecular weight excluding hydrogens is 300 g/mol. The Kier molecular flexibility index (Phi) is 4.38. The number of likely N-dealkylation sites (tertiary alicyclic amines) is 1. The minimum atomic E-state index is -0.396. The molecule has 2 atom stereocenters. The molecular formula is C21H24FNO. The Labute approximate surface area is 142 Å².